The first-order valence-electron chi connectivity index (χ1n) is 10.7. The van der Waals surface area contributed by atoms with Crippen LogP contribution in [0.3, 0.4) is 0 Å². The Morgan fingerprint density at radius 3 is 2.48 bits per heavy atom. The second-order valence-corrected chi connectivity index (χ2v) is 7.93. The largest absolute Gasteiger partial charge is 0.416 e. The number of fused-ring (bicyclic) bond motifs is 1. The van der Waals surface area contributed by atoms with E-state index in [9.17, 15) is 22.8 Å². The summed E-state index contributed by atoms with van der Waals surface area (Å²) >= 11 is 0. The van der Waals surface area contributed by atoms with Gasteiger partial charge in [0.2, 0.25) is 0 Å². The van der Waals surface area contributed by atoms with Crippen molar-refractivity contribution in [3.8, 4) is 0 Å². The highest BCUT2D eigenvalue weighted by atomic mass is 19.4. The molecule has 1 saturated heterocycles. The molecule has 10 heteroatoms. The van der Waals surface area contributed by atoms with E-state index in [0.29, 0.717) is 36.1 Å². The van der Waals surface area contributed by atoms with Gasteiger partial charge in [0.25, 0.3) is 11.5 Å². The fraction of sp³-hybridized carbons (Fsp3) is 0.348. The third kappa shape index (κ3) is 5.33. The van der Waals surface area contributed by atoms with Crippen LogP contribution in [-0.2, 0) is 6.18 Å². The van der Waals surface area contributed by atoms with E-state index in [0.717, 1.165) is 32.1 Å². The molecule has 33 heavy (non-hydrogen) atoms. The number of halogens is 3. The minimum atomic E-state index is -4.35. The van der Waals surface area contributed by atoms with Crippen molar-refractivity contribution < 1.29 is 18.0 Å². The molecule has 2 N–H and O–H groups in total. The fourth-order valence-electron chi connectivity index (χ4n) is 3.98. The smallest absolute Gasteiger partial charge is 0.369 e. The van der Waals surface area contributed by atoms with Gasteiger partial charge in [-0.2, -0.15) is 18.3 Å². The molecular weight excluding hydrogens is 435 g/mol. The lowest BCUT2D eigenvalue weighted by molar-refractivity contribution is -0.137. The number of alkyl halides is 3. The highest BCUT2D eigenvalue weighted by Gasteiger charge is 2.31. The number of carbonyl (C=O) groups is 1. The Morgan fingerprint density at radius 1 is 1.03 bits per heavy atom. The number of aromatic amines is 1. The molecule has 1 fully saturated rings. The number of nitrogens with one attached hydrogen (secondary N) is 2. The van der Waals surface area contributed by atoms with Crippen molar-refractivity contribution in [3.63, 3.8) is 0 Å². The molecule has 0 atom stereocenters. The Kier molecular flexibility index (Phi) is 6.64. The van der Waals surface area contributed by atoms with E-state index in [1.165, 1.54) is 12.1 Å². The van der Waals surface area contributed by atoms with Gasteiger partial charge in [-0.05, 0) is 37.2 Å². The molecule has 7 nitrogen and oxygen atoms in total. The van der Waals surface area contributed by atoms with Crippen molar-refractivity contribution >= 4 is 22.4 Å². The number of nitrogens with zero attached hydrogens (tertiary/aromatic N) is 3. The maximum atomic E-state index is 13.0. The third-order valence-electron chi connectivity index (χ3n) is 5.76. The van der Waals surface area contributed by atoms with E-state index in [2.05, 4.69) is 20.4 Å². The molecule has 0 aliphatic carbocycles. The number of amides is 1. The second kappa shape index (κ2) is 9.62. The van der Waals surface area contributed by atoms with Crippen LogP contribution < -0.4 is 15.8 Å². The molecule has 0 bridgehead atoms. The lowest BCUT2D eigenvalue weighted by atomic mass is 10.1. The molecule has 1 aromatic heterocycles. The van der Waals surface area contributed by atoms with Gasteiger partial charge in [-0.3, -0.25) is 14.5 Å². The number of aromatic nitrogens is 2. The minimum Gasteiger partial charge on any atom is -0.369 e. The van der Waals surface area contributed by atoms with E-state index < -0.39 is 11.7 Å². The summed E-state index contributed by atoms with van der Waals surface area (Å²) in [5.74, 6) is -0.350. The number of hydrogen-bond acceptors (Lipinski definition) is 5. The monoisotopic (exact) mass is 459 g/mol. The summed E-state index contributed by atoms with van der Waals surface area (Å²) in [5, 5.41) is 10.0. The van der Waals surface area contributed by atoms with Gasteiger partial charge in [0.1, 0.15) is 0 Å². The molecule has 3 aromatic rings. The topological polar surface area (TPSA) is 81.3 Å². The number of H-pyrrole nitrogens is 1. The summed E-state index contributed by atoms with van der Waals surface area (Å²) < 4.78 is 38.9. The molecule has 4 rings (SSSR count). The average molecular weight is 459 g/mol. The van der Waals surface area contributed by atoms with Gasteiger partial charge in [0.15, 0.2) is 5.69 Å². The van der Waals surface area contributed by atoms with Gasteiger partial charge in [-0.15, -0.1) is 0 Å². The predicted octanol–water partition coefficient (Wildman–Crippen LogP) is 2.88. The summed E-state index contributed by atoms with van der Waals surface area (Å²) in [5.41, 5.74) is -0.216. The maximum Gasteiger partial charge on any atom is 0.416 e. The molecule has 0 radical (unpaired) electrons. The van der Waals surface area contributed by atoms with E-state index in [4.69, 9.17) is 0 Å². The normalized spacial score (nSPS) is 15.1. The zero-order valence-electron chi connectivity index (χ0n) is 17.9. The van der Waals surface area contributed by atoms with Gasteiger partial charge in [0, 0.05) is 43.8 Å². The van der Waals surface area contributed by atoms with Crippen molar-refractivity contribution in [2.45, 2.75) is 12.6 Å². The van der Waals surface area contributed by atoms with E-state index >= 15 is 0 Å². The number of benzene rings is 2. The van der Waals surface area contributed by atoms with Crippen molar-refractivity contribution in [2.24, 2.45) is 0 Å². The van der Waals surface area contributed by atoms with Crippen molar-refractivity contribution in [2.75, 3.05) is 44.2 Å². The molecule has 2 heterocycles. The average Bonchev–Trinajstić information content (AvgIpc) is 2.82. The van der Waals surface area contributed by atoms with Crippen LogP contribution in [0.25, 0.3) is 10.8 Å². The summed E-state index contributed by atoms with van der Waals surface area (Å²) in [6.07, 6.45) is -3.63. The van der Waals surface area contributed by atoms with E-state index in [1.54, 1.807) is 30.3 Å². The number of rotatable bonds is 6. The molecule has 0 spiro atoms. The van der Waals surface area contributed by atoms with Crippen LogP contribution in [0.4, 0.5) is 18.9 Å². The van der Waals surface area contributed by atoms with Crippen LogP contribution in [0.5, 0.6) is 0 Å². The van der Waals surface area contributed by atoms with Gasteiger partial charge in [0.05, 0.1) is 10.9 Å². The SMILES string of the molecule is O=C(NCCCN1CCN(c2cccc(C(F)(F)F)c2)CC1)c1n[nH]c(=O)c2ccccc12. The zero-order chi connectivity index (χ0) is 23.4. The zero-order valence-corrected chi connectivity index (χ0v) is 17.9. The molecule has 174 valence electrons. The summed E-state index contributed by atoms with van der Waals surface area (Å²) in [4.78, 5) is 28.6. The third-order valence-corrected chi connectivity index (χ3v) is 5.76. The Morgan fingerprint density at radius 2 is 1.76 bits per heavy atom. The van der Waals surface area contributed by atoms with Crippen LogP contribution in [0.1, 0.15) is 22.5 Å². The van der Waals surface area contributed by atoms with Crippen LogP contribution in [0.15, 0.2) is 53.3 Å². The first-order chi connectivity index (χ1) is 15.8. The standard InChI is InChI=1S/C23H24F3N5O2/c24-23(25,26)16-5-3-6-17(15-16)31-13-11-30(12-14-31)10-4-9-27-22(33)20-18-7-1-2-8-19(18)21(32)29-28-20/h1-3,5-8,15H,4,9-14H2,(H,27,33)(H,29,32). The van der Waals surface area contributed by atoms with Gasteiger partial charge in [-0.1, -0.05) is 24.3 Å². The Labute approximate surface area is 188 Å². The summed E-state index contributed by atoms with van der Waals surface area (Å²) in [6, 6.07) is 12.2. The molecule has 1 aliphatic rings. The summed E-state index contributed by atoms with van der Waals surface area (Å²) in [6.45, 7) is 3.95. The summed E-state index contributed by atoms with van der Waals surface area (Å²) in [7, 11) is 0. The molecule has 1 amide bonds. The van der Waals surface area contributed by atoms with Gasteiger partial charge < -0.3 is 10.2 Å². The number of piperazine rings is 1. The van der Waals surface area contributed by atoms with Crippen LogP contribution in [0.2, 0.25) is 0 Å². The fourth-order valence-corrected chi connectivity index (χ4v) is 3.98. The predicted molar refractivity (Wildman–Crippen MR) is 119 cm³/mol. The highest BCUT2D eigenvalue weighted by molar-refractivity contribution is 6.04. The lowest BCUT2D eigenvalue weighted by Crippen LogP contribution is -2.47. The Balaban J connectivity index is 1.24. The number of hydrogen-bond donors (Lipinski definition) is 2. The first-order valence-corrected chi connectivity index (χ1v) is 10.7. The van der Waals surface area contributed by atoms with Crippen molar-refractivity contribution in [1.82, 2.24) is 20.4 Å². The quantitative estimate of drug-likeness (QED) is 0.554. The molecule has 0 unspecified atom stereocenters. The van der Waals surface area contributed by atoms with Crippen LogP contribution >= 0.6 is 0 Å². The Bertz CT molecular complexity index is 1190. The van der Waals surface area contributed by atoms with Crippen LogP contribution in [0, 0.1) is 0 Å². The van der Waals surface area contributed by atoms with E-state index in [-0.39, 0.29) is 17.2 Å². The molecule has 2 aromatic carbocycles. The molecule has 0 saturated carbocycles. The lowest BCUT2D eigenvalue weighted by Gasteiger charge is -2.36. The molecule has 1 aliphatic heterocycles. The Hall–Kier alpha value is -3.40. The van der Waals surface area contributed by atoms with Crippen molar-refractivity contribution in [3.05, 3.63) is 70.1 Å². The van der Waals surface area contributed by atoms with E-state index in [1.807, 2.05) is 4.90 Å². The second-order valence-electron chi connectivity index (χ2n) is 7.93. The van der Waals surface area contributed by atoms with Crippen molar-refractivity contribution in [1.29, 1.82) is 0 Å². The maximum absolute atomic E-state index is 13.0. The number of carbonyl (C=O) groups excluding carboxylic acids is 1. The minimum absolute atomic E-state index is 0.180. The van der Waals surface area contributed by atoms with Crippen LogP contribution in [-0.4, -0.2) is 60.3 Å². The molecular formula is C23H24F3N5O2. The van der Waals surface area contributed by atoms with Gasteiger partial charge in [-0.25, -0.2) is 5.10 Å². The highest BCUT2D eigenvalue weighted by Crippen LogP contribution is 2.31. The number of anilines is 1. The first kappa shape index (κ1) is 22.8. The van der Waals surface area contributed by atoms with Gasteiger partial charge >= 0.3 is 6.18 Å².